The maximum atomic E-state index is 12.3. The van der Waals surface area contributed by atoms with Crippen molar-refractivity contribution in [2.45, 2.75) is 19.8 Å². The number of piperidine rings is 1. The van der Waals surface area contributed by atoms with Gasteiger partial charge in [-0.1, -0.05) is 6.92 Å². The van der Waals surface area contributed by atoms with Crippen LogP contribution in [0.3, 0.4) is 0 Å². The minimum atomic E-state index is -3.33. The van der Waals surface area contributed by atoms with Crippen molar-refractivity contribution in [2.24, 2.45) is 5.92 Å². The summed E-state index contributed by atoms with van der Waals surface area (Å²) in [6, 6.07) is 0. The first-order valence-corrected chi connectivity index (χ1v) is 8.26. The van der Waals surface area contributed by atoms with Gasteiger partial charge in [0.2, 0.25) is 0 Å². The van der Waals surface area contributed by atoms with E-state index in [1.807, 2.05) is 0 Å². The van der Waals surface area contributed by atoms with Crippen molar-refractivity contribution in [2.75, 3.05) is 45.8 Å². The second kappa shape index (κ2) is 7.65. The molecule has 0 saturated carbocycles. The van der Waals surface area contributed by atoms with Gasteiger partial charge in [-0.3, -0.25) is 0 Å². The van der Waals surface area contributed by atoms with Crippen molar-refractivity contribution >= 4 is 21.8 Å². The molecule has 1 fully saturated rings. The Hall–Kier alpha value is 0.120. The molecule has 1 saturated heterocycles. The normalized spacial score (nSPS) is 22.6. The predicted octanol–water partition coefficient (Wildman–Crippen LogP) is 1.15. The highest BCUT2D eigenvalue weighted by Gasteiger charge is 2.30. The van der Waals surface area contributed by atoms with Crippen LogP contribution in [0, 0.1) is 5.92 Å². The Morgan fingerprint density at radius 3 is 2.78 bits per heavy atom. The van der Waals surface area contributed by atoms with E-state index >= 15 is 0 Å². The Morgan fingerprint density at radius 2 is 2.17 bits per heavy atom. The minimum absolute atomic E-state index is 0.365. The molecular weight excluding hydrogens is 276 g/mol. The molecule has 0 aliphatic carbocycles. The number of alkyl halides is 1. The number of rotatable bonds is 7. The van der Waals surface area contributed by atoms with Gasteiger partial charge in [0.25, 0.3) is 10.2 Å². The highest BCUT2D eigenvalue weighted by Crippen LogP contribution is 2.19. The lowest BCUT2D eigenvalue weighted by atomic mass is 10.0. The van der Waals surface area contributed by atoms with Gasteiger partial charge in [-0.2, -0.15) is 17.0 Å². The second-order valence-corrected chi connectivity index (χ2v) is 7.15. The van der Waals surface area contributed by atoms with E-state index in [1.165, 1.54) is 4.31 Å². The lowest BCUT2D eigenvalue weighted by Gasteiger charge is -2.33. The Balaban J connectivity index is 2.45. The van der Waals surface area contributed by atoms with Crippen LogP contribution in [0.25, 0.3) is 0 Å². The van der Waals surface area contributed by atoms with Crippen molar-refractivity contribution in [3.05, 3.63) is 0 Å². The Labute approximate surface area is 115 Å². The summed E-state index contributed by atoms with van der Waals surface area (Å²) in [6.45, 7) is 4.53. The summed E-state index contributed by atoms with van der Waals surface area (Å²) in [6.07, 6.45) is 2.05. The summed E-state index contributed by atoms with van der Waals surface area (Å²) >= 11 is 5.48. The molecule has 1 unspecified atom stereocenters. The number of likely N-dealkylation sites (N-methyl/N-ethyl adjacent to an activating group) is 1. The molecule has 0 N–H and O–H groups in total. The molecule has 0 aromatic carbocycles. The van der Waals surface area contributed by atoms with E-state index in [9.17, 15) is 8.42 Å². The molecule has 5 nitrogen and oxygen atoms in total. The summed E-state index contributed by atoms with van der Waals surface area (Å²) in [7, 11) is -1.73. The van der Waals surface area contributed by atoms with Crippen molar-refractivity contribution < 1.29 is 13.2 Å². The number of hydrogen-bond donors (Lipinski definition) is 0. The second-order valence-electron chi connectivity index (χ2n) is 4.74. The molecule has 1 heterocycles. The number of ether oxygens (including phenoxy) is 1. The largest absolute Gasteiger partial charge is 0.379 e. The highest BCUT2D eigenvalue weighted by atomic mass is 35.5. The Morgan fingerprint density at radius 1 is 1.44 bits per heavy atom. The van der Waals surface area contributed by atoms with Crippen LogP contribution in [0.4, 0.5) is 0 Å². The first kappa shape index (κ1) is 16.2. The lowest BCUT2D eigenvalue weighted by molar-refractivity contribution is 0.138. The van der Waals surface area contributed by atoms with Crippen LogP contribution in [0.2, 0.25) is 0 Å². The van der Waals surface area contributed by atoms with Crippen LogP contribution in [0.1, 0.15) is 19.8 Å². The Kier molecular flexibility index (Phi) is 6.87. The average Bonchev–Trinajstić information content (AvgIpc) is 2.34. The van der Waals surface area contributed by atoms with E-state index in [1.54, 1.807) is 11.4 Å². The number of halogens is 1. The highest BCUT2D eigenvalue weighted by molar-refractivity contribution is 7.86. The van der Waals surface area contributed by atoms with Gasteiger partial charge < -0.3 is 4.74 Å². The monoisotopic (exact) mass is 298 g/mol. The third-order valence-corrected chi connectivity index (χ3v) is 5.22. The van der Waals surface area contributed by atoms with Crippen LogP contribution in [0.5, 0.6) is 0 Å². The third-order valence-electron chi connectivity index (χ3n) is 3.11. The topological polar surface area (TPSA) is 49.9 Å². The van der Waals surface area contributed by atoms with Crippen molar-refractivity contribution in [3.8, 4) is 0 Å². The van der Waals surface area contributed by atoms with Crippen molar-refractivity contribution in [3.63, 3.8) is 0 Å². The molecule has 108 valence electrons. The fourth-order valence-electron chi connectivity index (χ4n) is 2.02. The number of hydrogen-bond acceptors (Lipinski definition) is 3. The van der Waals surface area contributed by atoms with E-state index in [0.717, 1.165) is 12.8 Å². The first-order chi connectivity index (χ1) is 8.48. The summed E-state index contributed by atoms with van der Waals surface area (Å²) in [5.74, 6) is 0.870. The van der Waals surface area contributed by atoms with E-state index in [0.29, 0.717) is 44.6 Å². The van der Waals surface area contributed by atoms with Gasteiger partial charge in [-0.05, 0) is 18.8 Å². The molecule has 7 heteroatoms. The van der Waals surface area contributed by atoms with E-state index in [4.69, 9.17) is 16.3 Å². The van der Waals surface area contributed by atoms with Crippen LogP contribution in [0.15, 0.2) is 0 Å². The minimum Gasteiger partial charge on any atom is -0.379 e. The van der Waals surface area contributed by atoms with Crippen LogP contribution in [-0.4, -0.2) is 62.8 Å². The van der Waals surface area contributed by atoms with Crippen LogP contribution < -0.4 is 0 Å². The van der Waals surface area contributed by atoms with Gasteiger partial charge in [0.05, 0.1) is 13.2 Å². The Bertz CT molecular complexity index is 337. The van der Waals surface area contributed by atoms with Crippen LogP contribution >= 0.6 is 11.6 Å². The van der Waals surface area contributed by atoms with Crippen molar-refractivity contribution in [1.82, 2.24) is 8.61 Å². The third kappa shape index (κ3) is 4.66. The van der Waals surface area contributed by atoms with Crippen LogP contribution in [-0.2, 0) is 14.9 Å². The molecule has 0 aromatic heterocycles. The summed E-state index contributed by atoms with van der Waals surface area (Å²) in [5.41, 5.74) is 0. The molecule has 1 aliphatic rings. The quantitative estimate of drug-likeness (QED) is 0.523. The van der Waals surface area contributed by atoms with Gasteiger partial charge >= 0.3 is 0 Å². The summed E-state index contributed by atoms with van der Waals surface area (Å²) < 4.78 is 32.7. The van der Waals surface area contributed by atoms with Gasteiger partial charge in [0.1, 0.15) is 0 Å². The zero-order valence-corrected chi connectivity index (χ0v) is 12.7. The van der Waals surface area contributed by atoms with Gasteiger partial charge in [-0.25, -0.2) is 0 Å². The molecule has 0 spiro atoms. The molecule has 1 rings (SSSR count). The fourth-order valence-corrected chi connectivity index (χ4v) is 3.63. The molecule has 0 aromatic rings. The summed E-state index contributed by atoms with van der Waals surface area (Å²) in [4.78, 5) is 0. The van der Waals surface area contributed by atoms with E-state index in [2.05, 4.69) is 6.92 Å². The number of nitrogens with zero attached hydrogens (tertiary/aromatic N) is 2. The predicted molar refractivity (Wildman–Crippen MR) is 73.1 cm³/mol. The van der Waals surface area contributed by atoms with Gasteiger partial charge in [0.15, 0.2) is 0 Å². The molecule has 0 amide bonds. The molecule has 18 heavy (non-hydrogen) atoms. The lowest BCUT2D eigenvalue weighted by Crippen LogP contribution is -2.47. The summed E-state index contributed by atoms with van der Waals surface area (Å²) in [5, 5.41) is 0. The average molecular weight is 299 g/mol. The zero-order valence-electron chi connectivity index (χ0n) is 11.1. The molecule has 0 bridgehead atoms. The maximum absolute atomic E-state index is 12.3. The molecule has 0 radical (unpaired) electrons. The van der Waals surface area contributed by atoms with Crippen molar-refractivity contribution in [1.29, 1.82) is 0 Å². The standard InChI is InChI=1S/C11H23ClN2O3S/c1-11-4-3-6-14(10-11)18(15,16)13(2)7-9-17-8-5-12/h11H,3-10H2,1-2H3. The first-order valence-electron chi connectivity index (χ1n) is 6.33. The molecule has 1 atom stereocenters. The maximum Gasteiger partial charge on any atom is 0.281 e. The zero-order chi connectivity index (χ0) is 13.6. The smallest absolute Gasteiger partial charge is 0.281 e. The SMILES string of the molecule is CC1CCCN(S(=O)(=O)N(C)CCOCCCl)C1. The van der Waals surface area contributed by atoms with Gasteiger partial charge in [0, 0.05) is 32.6 Å². The fraction of sp³-hybridized carbons (Fsp3) is 1.00. The van der Waals surface area contributed by atoms with Gasteiger partial charge in [-0.15, -0.1) is 11.6 Å². The molecule has 1 aliphatic heterocycles. The van der Waals surface area contributed by atoms with E-state index in [-0.39, 0.29) is 0 Å². The van der Waals surface area contributed by atoms with E-state index < -0.39 is 10.2 Å². The molecular formula is C11H23ClN2O3S.